The van der Waals surface area contributed by atoms with Gasteiger partial charge in [0.25, 0.3) is 0 Å². The van der Waals surface area contributed by atoms with E-state index in [1.807, 2.05) is 12.1 Å². The Morgan fingerprint density at radius 2 is 2.24 bits per heavy atom. The average Bonchev–Trinajstić information content (AvgIpc) is 2.28. The molecule has 0 bridgehead atoms. The van der Waals surface area contributed by atoms with Crippen molar-refractivity contribution in [3.05, 3.63) is 28.2 Å². The van der Waals surface area contributed by atoms with E-state index in [2.05, 4.69) is 27.3 Å². The SMILES string of the molecule is N#Cc1ccc(NCCCCC(N)=O)cc1Br. The molecule has 0 fully saturated rings. The first kappa shape index (κ1) is 13.5. The van der Waals surface area contributed by atoms with E-state index < -0.39 is 0 Å². The number of unbranched alkanes of at least 4 members (excludes halogenated alkanes) is 1. The molecule has 5 heteroatoms. The number of rotatable bonds is 6. The third-order valence-electron chi connectivity index (χ3n) is 2.27. The highest BCUT2D eigenvalue weighted by molar-refractivity contribution is 9.10. The first-order chi connectivity index (χ1) is 8.13. The maximum atomic E-state index is 10.5. The molecule has 1 aromatic rings. The molecule has 0 atom stereocenters. The van der Waals surface area contributed by atoms with Crippen LogP contribution in [0.25, 0.3) is 0 Å². The summed E-state index contributed by atoms with van der Waals surface area (Å²) in [7, 11) is 0. The lowest BCUT2D eigenvalue weighted by Gasteiger charge is -2.06. The van der Waals surface area contributed by atoms with Crippen LogP contribution in [0.2, 0.25) is 0 Å². The van der Waals surface area contributed by atoms with Crippen molar-refractivity contribution in [2.75, 3.05) is 11.9 Å². The van der Waals surface area contributed by atoms with E-state index in [1.54, 1.807) is 6.07 Å². The molecule has 0 unspecified atom stereocenters. The quantitative estimate of drug-likeness (QED) is 0.791. The Morgan fingerprint density at radius 1 is 1.47 bits per heavy atom. The summed E-state index contributed by atoms with van der Waals surface area (Å²) in [5, 5.41) is 12.0. The summed E-state index contributed by atoms with van der Waals surface area (Å²) in [5.74, 6) is -0.258. The first-order valence-corrected chi connectivity index (χ1v) is 6.14. The van der Waals surface area contributed by atoms with Crippen LogP contribution < -0.4 is 11.1 Å². The number of anilines is 1. The number of nitriles is 1. The van der Waals surface area contributed by atoms with E-state index >= 15 is 0 Å². The summed E-state index contributed by atoms with van der Waals surface area (Å²) in [6.07, 6.45) is 2.11. The third kappa shape index (κ3) is 4.87. The van der Waals surface area contributed by atoms with E-state index in [1.165, 1.54) is 0 Å². The van der Waals surface area contributed by atoms with Gasteiger partial charge in [-0.05, 0) is 47.0 Å². The normalized spacial score (nSPS) is 9.65. The van der Waals surface area contributed by atoms with Gasteiger partial charge in [-0.25, -0.2) is 0 Å². The predicted octanol–water partition coefficient (Wildman–Crippen LogP) is 2.39. The largest absolute Gasteiger partial charge is 0.385 e. The minimum atomic E-state index is -0.258. The number of primary amides is 1. The molecule has 1 amide bonds. The van der Waals surface area contributed by atoms with Gasteiger partial charge in [0.1, 0.15) is 6.07 Å². The number of nitrogens with zero attached hydrogens (tertiary/aromatic N) is 1. The minimum absolute atomic E-state index is 0.258. The number of nitrogens with one attached hydrogen (secondary N) is 1. The predicted molar refractivity (Wildman–Crippen MR) is 70.4 cm³/mol. The third-order valence-corrected chi connectivity index (χ3v) is 2.92. The zero-order chi connectivity index (χ0) is 12.7. The Morgan fingerprint density at radius 3 is 2.82 bits per heavy atom. The van der Waals surface area contributed by atoms with Crippen LogP contribution in [0.5, 0.6) is 0 Å². The molecule has 0 aliphatic carbocycles. The molecule has 0 saturated heterocycles. The number of hydrogen-bond acceptors (Lipinski definition) is 3. The van der Waals surface area contributed by atoms with Crippen molar-refractivity contribution in [2.24, 2.45) is 5.73 Å². The molecule has 3 N–H and O–H groups in total. The zero-order valence-electron chi connectivity index (χ0n) is 9.37. The summed E-state index contributed by atoms with van der Waals surface area (Å²) in [6, 6.07) is 7.57. The summed E-state index contributed by atoms with van der Waals surface area (Å²) < 4.78 is 0.780. The number of hydrogen-bond donors (Lipinski definition) is 2. The fourth-order valence-electron chi connectivity index (χ4n) is 1.37. The van der Waals surface area contributed by atoms with Gasteiger partial charge in [0, 0.05) is 23.1 Å². The Kier molecular flexibility index (Phi) is 5.50. The van der Waals surface area contributed by atoms with Crippen LogP contribution in [-0.2, 0) is 4.79 Å². The number of benzene rings is 1. The highest BCUT2D eigenvalue weighted by Crippen LogP contribution is 2.20. The Balaban J connectivity index is 2.35. The highest BCUT2D eigenvalue weighted by atomic mass is 79.9. The van der Waals surface area contributed by atoms with E-state index in [-0.39, 0.29) is 5.91 Å². The van der Waals surface area contributed by atoms with Gasteiger partial charge >= 0.3 is 0 Å². The Hall–Kier alpha value is -1.54. The fourth-order valence-corrected chi connectivity index (χ4v) is 1.84. The molecular weight excluding hydrogens is 282 g/mol. The number of carbonyl (C=O) groups excluding carboxylic acids is 1. The van der Waals surface area contributed by atoms with E-state index in [4.69, 9.17) is 11.0 Å². The second kappa shape index (κ2) is 6.92. The molecule has 1 aromatic carbocycles. The summed E-state index contributed by atoms with van der Waals surface area (Å²) in [5.41, 5.74) is 6.61. The van der Waals surface area contributed by atoms with Gasteiger partial charge in [-0.15, -0.1) is 0 Å². The summed E-state index contributed by atoms with van der Waals surface area (Å²) in [4.78, 5) is 10.5. The number of amides is 1. The van der Waals surface area contributed by atoms with Crippen LogP contribution in [0, 0.1) is 11.3 Å². The zero-order valence-corrected chi connectivity index (χ0v) is 11.0. The van der Waals surface area contributed by atoms with Gasteiger partial charge in [0.2, 0.25) is 5.91 Å². The minimum Gasteiger partial charge on any atom is -0.385 e. The lowest BCUT2D eigenvalue weighted by atomic mass is 10.2. The van der Waals surface area contributed by atoms with Crippen molar-refractivity contribution in [1.82, 2.24) is 0 Å². The number of halogens is 1. The molecule has 0 radical (unpaired) electrons. The molecule has 1 rings (SSSR count). The monoisotopic (exact) mass is 295 g/mol. The van der Waals surface area contributed by atoms with Gasteiger partial charge < -0.3 is 11.1 Å². The van der Waals surface area contributed by atoms with Crippen LogP contribution >= 0.6 is 15.9 Å². The van der Waals surface area contributed by atoms with Crippen molar-refractivity contribution in [1.29, 1.82) is 5.26 Å². The topological polar surface area (TPSA) is 78.9 Å². The van der Waals surface area contributed by atoms with E-state index in [0.717, 1.165) is 29.5 Å². The summed E-state index contributed by atoms with van der Waals surface area (Å²) >= 11 is 3.33. The smallest absolute Gasteiger partial charge is 0.217 e. The molecule has 0 aliphatic rings. The average molecular weight is 296 g/mol. The molecule has 17 heavy (non-hydrogen) atoms. The molecule has 0 saturated carbocycles. The van der Waals surface area contributed by atoms with Crippen LogP contribution in [0.4, 0.5) is 5.69 Å². The van der Waals surface area contributed by atoms with Crippen LogP contribution in [-0.4, -0.2) is 12.5 Å². The van der Waals surface area contributed by atoms with Gasteiger partial charge in [0.15, 0.2) is 0 Å². The van der Waals surface area contributed by atoms with Crippen molar-refractivity contribution in [3.63, 3.8) is 0 Å². The molecule has 4 nitrogen and oxygen atoms in total. The molecule has 0 aliphatic heterocycles. The standard InChI is InChI=1S/C12H14BrN3O/c13-11-7-10(5-4-9(11)8-14)16-6-2-1-3-12(15)17/h4-5,7,16H,1-3,6H2,(H2,15,17). The van der Waals surface area contributed by atoms with Crippen molar-refractivity contribution >= 4 is 27.5 Å². The second-order valence-corrected chi connectivity index (χ2v) is 4.51. The summed E-state index contributed by atoms with van der Waals surface area (Å²) in [6.45, 7) is 0.783. The lowest BCUT2D eigenvalue weighted by Crippen LogP contribution is -2.10. The van der Waals surface area contributed by atoms with Gasteiger partial charge in [0.05, 0.1) is 5.56 Å². The molecular formula is C12H14BrN3O. The first-order valence-electron chi connectivity index (χ1n) is 5.35. The van der Waals surface area contributed by atoms with Crippen LogP contribution in [0.1, 0.15) is 24.8 Å². The molecule has 0 aromatic heterocycles. The van der Waals surface area contributed by atoms with Gasteiger partial charge in [-0.2, -0.15) is 5.26 Å². The van der Waals surface area contributed by atoms with Gasteiger partial charge in [-0.1, -0.05) is 0 Å². The van der Waals surface area contributed by atoms with E-state index in [0.29, 0.717) is 12.0 Å². The van der Waals surface area contributed by atoms with Crippen LogP contribution in [0.15, 0.2) is 22.7 Å². The number of carbonyl (C=O) groups is 1. The molecule has 90 valence electrons. The lowest BCUT2D eigenvalue weighted by molar-refractivity contribution is -0.118. The molecule has 0 heterocycles. The van der Waals surface area contributed by atoms with E-state index in [9.17, 15) is 4.79 Å². The van der Waals surface area contributed by atoms with Crippen LogP contribution in [0.3, 0.4) is 0 Å². The Bertz CT molecular complexity index is 440. The fraction of sp³-hybridized carbons (Fsp3) is 0.333. The van der Waals surface area contributed by atoms with Gasteiger partial charge in [-0.3, -0.25) is 4.79 Å². The van der Waals surface area contributed by atoms with Crippen molar-refractivity contribution in [3.8, 4) is 6.07 Å². The van der Waals surface area contributed by atoms with Crippen molar-refractivity contribution < 1.29 is 4.79 Å². The van der Waals surface area contributed by atoms with Crippen molar-refractivity contribution in [2.45, 2.75) is 19.3 Å². The Labute approximate surface area is 109 Å². The maximum Gasteiger partial charge on any atom is 0.217 e. The maximum absolute atomic E-state index is 10.5. The second-order valence-electron chi connectivity index (χ2n) is 3.66. The highest BCUT2D eigenvalue weighted by Gasteiger charge is 2.00. The number of nitrogens with two attached hydrogens (primary N) is 1. The molecule has 0 spiro atoms.